The van der Waals surface area contributed by atoms with Gasteiger partial charge in [0, 0.05) is 16.6 Å². The molecule has 160 valence electrons. The van der Waals surface area contributed by atoms with Crippen LogP contribution in [0.1, 0.15) is 53.4 Å². The number of anilines is 2. The zero-order chi connectivity index (χ0) is 21.7. The topological polar surface area (TPSA) is 93.5 Å². The summed E-state index contributed by atoms with van der Waals surface area (Å²) in [5.41, 5.74) is 1.81. The third kappa shape index (κ3) is 5.27. The van der Waals surface area contributed by atoms with Gasteiger partial charge in [-0.3, -0.25) is 10.1 Å². The van der Waals surface area contributed by atoms with Gasteiger partial charge < -0.3 is 15.4 Å². The molecule has 0 atom stereocenters. The van der Waals surface area contributed by atoms with Crippen LogP contribution in [0, 0.1) is 10.1 Å². The van der Waals surface area contributed by atoms with Crippen LogP contribution in [0.3, 0.4) is 0 Å². The number of nitrogens with zero attached hydrogens (tertiary/aromatic N) is 1. The second-order valence-corrected chi connectivity index (χ2v) is 8.77. The molecule has 7 nitrogen and oxygen atoms in total. The number of halogens is 1. The number of carbonyl (C=O) groups excluding carboxylic acids is 1. The normalized spacial score (nSPS) is 13.5. The smallest absolute Gasteiger partial charge is 0.341 e. The Morgan fingerprint density at radius 1 is 1.27 bits per heavy atom. The van der Waals surface area contributed by atoms with E-state index in [4.69, 9.17) is 28.6 Å². The number of nitro groups is 1. The second-order valence-electron chi connectivity index (χ2n) is 6.85. The molecular formula is C20H22ClN3O4S2. The Kier molecular flexibility index (Phi) is 7.63. The van der Waals surface area contributed by atoms with Crippen LogP contribution in [0.15, 0.2) is 18.2 Å². The average molecular weight is 468 g/mol. The quantitative estimate of drug-likeness (QED) is 0.242. The highest BCUT2D eigenvalue weighted by atomic mass is 35.5. The van der Waals surface area contributed by atoms with Crippen LogP contribution in [0.5, 0.6) is 0 Å². The molecule has 2 aromatic rings. The number of ether oxygens (including phenoxy) is 1. The van der Waals surface area contributed by atoms with E-state index in [1.165, 1.54) is 34.8 Å². The van der Waals surface area contributed by atoms with Gasteiger partial charge in [0.15, 0.2) is 5.11 Å². The SMILES string of the molecule is CCOC(=O)c1c(NC(=S)Nc2ccc(Cl)c([N+](=O)[O-])c2)sc2c1CCCCCC2. The number of carbonyl (C=O) groups is 1. The number of esters is 1. The lowest BCUT2D eigenvalue weighted by molar-refractivity contribution is -0.384. The molecule has 1 aliphatic rings. The lowest BCUT2D eigenvalue weighted by Gasteiger charge is -2.12. The Morgan fingerprint density at radius 3 is 2.70 bits per heavy atom. The van der Waals surface area contributed by atoms with E-state index >= 15 is 0 Å². The molecule has 30 heavy (non-hydrogen) atoms. The Morgan fingerprint density at radius 2 is 2.00 bits per heavy atom. The van der Waals surface area contributed by atoms with Crippen molar-refractivity contribution in [2.45, 2.75) is 45.4 Å². The van der Waals surface area contributed by atoms with Gasteiger partial charge in [-0.15, -0.1) is 11.3 Å². The molecule has 0 amide bonds. The highest BCUT2D eigenvalue weighted by molar-refractivity contribution is 7.80. The summed E-state index contributed by atoms with van der Waals surface area (Å²) in [7, 11) is 0. The first kappa shape index (κ1) is 22.5. The predicted molar refractivity (Wildman–Crippen MR) is 124 cm³/mol. The number of rotatable bonds is 5. The fraction of sp³-hybridized carbons (Fsp3) is 0.400. The van der Waals surface area contributed by atoms with Gasteiger partial charge in [0.05, 0.1) is 17.1 Å². The summed E-state index contributed by atoms with van der Waals surface area (Å²) in [6.45, 7) is 2.07. The average Bonchev–Trinajstić information content (AvgIpc) is 2.99. The standard InChI is InChI=1S/C20H22ClN3O4S2/c1-2-28-19(25)17-13-7-5-3-4-6-8-16(13)30-18(17)23-20(29)22-12-9-10-14(21)15(11-12)24(26)27/h9-11H,2-8H2,1H3,(H2,22,23,29). The minimum Gasteiger partial charge on any atom is -0.462 e. The van der Waals surface area contributed by atoms with Crippen molar-refractivity contribution in [3.63, 3.8) is 0 Å². The van der Waals surface area contributed by atoms with E-state index in [0.717, 1.165) is 37.7 Å². The number of nitro benzene ring substituents is 1. The van der Waals surface area contributed by atoms with Crippen LogP contribution in [0.25, 0.3) is 0 Å². The molecule has 0 bridgehead atoms. The van der Waals surface area contributed by atoms with Crippen LogP contribution in [0.4, 0.5) is 16.4 Å². The Hall–Kier alpha value is -2.23. The summed E-state index contributed by atoms with van der Waals surface area (Å²) in [4.78, 5) is 24.4. The second kappa shape index (κ2) is 10.2. The number of thiophene rings is 1. The van der Waals surface area contributed by atoms with E-state index in [0.29, 0.717) is 22.9 Å². The maximum Gasteiger partial charge on any atom is 0.341 e. The number of hydrogen-bond acceptors (Lipinski definition) is 6. The summed E-state index contributed by atoms with van der Waals surface area (Å²) in [6.07, 6.45) is 6.22. The number of nitrogens with one attached hydrogen (secondary N) is 2. The van der Waals surface area contributed by atoms with Gasteiger partial charge in [-0.1, -0.05) is 24.4 Å². The lowest BCUT2D eigenvalue weighted by atomic mass is 9.96. The molecule has 0 aliphatic heterocycles. The Bertz CT molecular complexity index is 977. The summed E-state index contributed by atoms with van der Waals surface area (Å²) in [5, 5.41) is 18.0. The predicted octanol–water partition coefficient (Wildman–Crippen LogP) is 5.95. The van der Waals surface area contributed by atoms with Crippen LogP contribution in [-0.4, -0.2) is 22.6 Å². The fourth-order valence-corrected chi connectivity index (χ4v) is 5.18. The van der Waals surface area contributed by atoms with E-state index in [1.54, 1.807) is 13.0 Å². The van der Waals surface area contributed by atoms with Gasteiger partial charge in [0.1, 0.15) is 10.0 Å². The van der Waals surface area contributed by atoms with Crippen molar-refractivity contribution in [3.05, 3.63) is 49.3 Å². The maximum absolute atomic E-state index is 12.7. The molecule has 1 aromatic heterocycles. The zero-order valence-electron chi connectivity index (χ0n) is 16.5. The molecule has 0 spiro atoms. The Labute approximate surface area is 188 Å². The fourth-order valence-electron chi connectivity index (χ4n) is 3.42. The molecule has 10 heteroatoms. The number of benzene rings is 1. The van der Waals surface area contributed by atoms with E-state index in [2.05, 4.69) is 10.6 Å². The van der Waals surface area contributed by atoms with Gasteiger partial charge in [-0.05, 0) is 62.5 Å². The highest BCUT2D eigenvalue weighted by Gasteiger charge is 2.26. The minimum absolute atomic E-state index is 0.0482. The molecule has 0 unspecified atom stereocenters. The molecule has 0 radical (unpaired) electrons. The molecular weight excluding hydrogens is 446 g/mol. The van der Waals surface area contributed by atoms with E-state index in [-0.39, 0.29) is 21.8 Å². The maximum atomic E-state index is 12.7. The number of fused-ring (bicyclic) bond motifs is 1. The van der Waals surface area contributed by atoms with Crippen molar-refractivity contribution < 1.29 is 14.5 Å². The number of aryl methyl sites for hydroxylation is 1. The highest BCUT2D eigenvalue weighted by Crippen LogP contribution is 2.38. The molecule has 0 fully saturated rings. The first-order valence-corrected chi connectivity index (χ1v) is 11.3. The number of thiocarbonyl (C=S) groups is 1. The van der Waals surface area contributed by atoms with Crippen LogP contribution in [-0.2, 0) is 17.6 Å². The van der Waals surface area contributed by atoms with Crippen LogP contribution >= 0.6 is 35.2 Å². The van der Waals surface area contributed by atoms with Gasteiger partial charge in [-0.25, -0.2) is 4.79 Å². The van der Waals surface area contributed by atoms with Gasteiger partial charge in [-0.2, -0.15) is 0 Å². The molecule has 1 heterocycles. The summed E-state index contributed by atoms with van der Waals surface area (Å²) in [6, 6.07) is 4.35. The van der Waals surface area contributed by atoms with Crippen LogP contribution < -0.4 is 10.6 Å². The minimum atomic E-state index is -0.553. The molecule has 3 rings (SSSR count). The van der Waals surface area contributed by atoms with Gasteiger partial charge in [0.25, 0.3) is 5.69 Å². The Balaban J connectivity index is 1.85. The van der Waals surface area contributed by atoms with Crippen molar-refractivity contribution in [3.8, 4) is 0 Å². The summed E-state index contributed by atoms with van der Waals surface area (Å²) < 4.78 is 5.29. The van der Waals surface area contributed by atoms with Gasteiger partial charge >= 0.3 is 5.97 Å². The first-order chi connectivity index (χ1) is 14.4. The third-order valence-electron chi connectivity index (χ3n) is 4.78. The monoisotopic (exact) mass is 467 g/mol. The lowest BCUT2D eigenvalue weighted by Crippen LogP contribution is -2.20. The van der Waals surface area contributed by atoms with Gasteiger partial charge in [0.2, 0.25) is 0 Å². The van der Waals surface area contributed by atoms with E-state index < -0.39 is 4.92 Å². The molecule has 2 N–H and O–H groups in total. The largest absolute Gasteiger partial charge is 0.462 e. The molecule has 0 saturated carbocycles. The van der Waals surface area contributed by atoms with E-state index in [9.17, 15) is 14.9 Å². The summed E-state index contributed by atoms with van der Waals surface area (Å²) in [5.74, 6) is -0.358. The van der Waals surface area contributed by atoms with Crippen molar-refractivity contribution in [2.75, 3.05) is 17.2 Å². The third-order valence-corrected chi connectivity index (χ3v) is 6.51. The van der Waals surface area contributed by atoms with E-state index in [1.807, 2.05) is 0 Å². The summed E-state index contributed by atoms with van der Waals surface area (Å²) >= 11 is 12.8. The van der Waals surface area contributed by atoms with Crippen molar-refractivity contribution in [2.24, 2.45) is 0 Å². The molecule has 1 aromatic carbocycles. The molecule has 0 saturated heterocycles. The van der Waals surface area contributed by atoms with Crippen molar-refractivity contribution in [1.82, 2.24) is 0 Å². The molecule has 1 aliphatic carbocycles. The number of hydrogen-bond donors (Lipinski definition) is 2. The van der Waals surface area contributed by atoms with Crippen molar-refractivity contribution >= 4 is 62.6 Å². The first-order valence-electron chi connectivity index (χ1n) is 9.74. The van der Waals surface area contributed by atoms with Crippen LogP contribution in [0.2, 0.25) is 5.02 Å². The zero-order valence-corrected chi connectivity index (χ0v) is 18.8. The van der Waals surface area contributed by atoms with Crippen molar-refractivity contribution in [1.29, 1.82) is 0 Å².